The van der Waals surface area contributed by atoms with Gasteiger partial charge in [0, 0.05) is 24.0 Å². The number of nitrogens with one attached hydrogen (secondary N) is 1. The molecule has 0 bridgehead atoms. The summed E-state index contributed by atoms with van der Waals surface area (Å²) < 4.78 is 0. The zero-order valence-electron chi connectivity index (χ0n) is 11.9. The van der Waals surface area contributed by atoms with Crippen molar-refractivity contribution < 1.29 is 9.59 Å². The third-order valence-electron chi connectivity index (χ3n) is 3.49. The molecule has 114 valence electrons. The highest BCUT2D eigenvalue weighted by Gasteiger charge is 2.36. The number of aryl methyl sites for hydroxylation is 1. The van der Waals surface area contributed by atoms with Gasteiger partial charge in [-0.1, -0.05) is 23.7 Å². The average molecular weight is 336 g/mol. The molecule has 2 heterocycles. The zero-order valence-corrected chi connectivity index (χ0v) is 13.4. The first-order chi connectivity index (χ1) is 10.5. The molecule has 22 heavy (non-hydrogen) atoms. The molecule has 5 nitrogen and oxygen atoms in total. The van der Waals surface area contributed by atoms with Gasteiger partial charge in [0.1, 0.15) is 0 Å². The Morgan fingerprint density at radius 3 is 2.91 bits per heavy atom. The van der Waals surface area contributed by atoms with Gasteiger partial charge in [0.15, 0.2) is 5.13 Å². The number of amides is 2. The number of nitrogens with zero attached hydrogens (tertiary/aromatic N) is 2. The number of hydrogen-bond acceptors (Lipinski definition) is 4. The molecule has 1 aromatic carbocycles. The first-order valence-electron chi connectivity index (χ1n) is 6.83. The van der Waals surface area contributed by atoms with Gasteiger partial charge < -0.3 is 10.2 Å². The highest BCUT2D eigenvalue weighted by atomic mass is 35.5. The predicted octanol–water partition coefficient (Wildman–Crippen LogP) is 3.10. The van der Waals surface area contributed by atoms with Crippen LogP contribution in [0.25, 0.3) is 0 Å². The Bertz CT molecular complexity index is 731. The van der Waals surface area contributed by atoms with E-state index in [2.05, 4.69) is 10.3 Å². The molecule has 1 aliphatic rings. The lowest BCUT2D eigenvalue weighted by atomic mass is 10.1. The van der Waals surface area contributed by atoms with Gasteiger partial charge in [-0.25, -0.2) is 4.98 Å². The lowest BCUT2D eigenvalue weighted by Gasteiger charge is -2.17. The van der Waals surface area contributed by atoms with Crippen molar-refractivity contribution in [3.63, 3.8) is 0 Å². The fourth-order valence-corrected chi connectivity index (χ4v) is 3.31. The molecule has 1 aromatic heterocycles. The topological polar surface area (TPSA) is 62.3 Å². The van der Waals surface area contributed by atoms with Crippen LogP contribution in [0.4, 0.5) is 10.8 Å². The normalized spacial score (nSPS) is 17.8. The summed E-state index contributed by atoms with van der Waals surface area (Å²) in [7, 11) is 0. The van der Waals surface area contributed by atoms with Crippen LogP contribution in [0.1, 0.15) is 11.3 Å². The number of thiazole rings is 1. The van der Waals surface area contributed by atoms with E-state index in [1.807, 2.05) is 13.0 Å². The number of hydrogen-bond donors (Lipinski definition) is 1. The molecule has 1 aliphatic heterocycles. The van der Waals surface area contributed by atoms with E-state index in [-0.39, 0.29) is 18.2 Å². The highest BCUT2D eigenvalue weighted by molar-refractivity contribution is 7.15. The molecule has 3 rings (SSSR count). The van der Waals surface area contributed by atoms with Crippen LogP contribution in [0.15, 0.2) is 30.5 Å². The second kappa shape index (κ2) is 6.06. The molecule has 0 spiro atoms. The van der Waals surface area contributed by atoms with Crippen molar-refractivity contribution in [1.29, 1.82) is 0 Å². The molecular formula is C15H14ClN3O2S. The number of halogens is 1. The lowest BCUT2D eigenvalue weighted by Crippen LogP contribution is -2.28. The van der Waals surface area contributed by atoms with E-state index in [1.165, 1.54) is 11.3 Å². The van der Waals surface area contributed by atoms with Crippen LogP contribution in [0, 0.1) is 12.8 Å². The minimum atomic E-state index is -0.395. The monoisotopic (exact) mass is 335 g/mol. The van der Waals surface area contributed by atoms with Crippen molar-refractivity contribution in [2.45, 2.75) is 13.3 Å². The summed E-state index contributed by atoms with van der Waals surface area (Å²) in [5.74, 6) is -0.672. The van der Waals surface area contributed by atoms with E-state index < -0.39 is 5.92 Å². The summed E-state index contributed by atoms with van der Waals surface area (Å²) in [6, 6.07) is 7.14. The van der Waals surface area contributed by atoms with Gasteiger partial charge in [-0.05, 0) is 19.1 Å². The van der Waals surface area contributed by atoms with E-state index in [0.717, 1.165) is 4.88 Å². The molecular weight excluding hydrogens is 322 g/mol. The molecule has 0 saturated carbocycles. The Morgan fingerprint density at radius 2 is 2.23 bits per heavy atom. The van der Waals surface area contributed by atoms with Gasteiger partial charge in [0.25, 0.3) is 0 Å². The number of carbonyl (C=O) groups is 2. The van der Waals surface area contributed by atoms with E-state index in [4.69, 9.17) is 11.6 Å². The Balaban J connectivity index is 1.71. The van der Waals surface area contributed by atoms with E-state index in [9.17, 15) is 9.59 Å². The van der Waals surface area contributed by atoms with Crippen LogP contribution in [0.3, 0.4) is 0 Å². The maximum atomic E-state index is 12.3. The van der Waals surface area contributed by atoms with Crippen LogP contribution in [-0.4, -0.2) is 23.3 Å². The van der Waals surface area contributed by atoms with Gasteiger partial charge in [-0.3, -0.25) is 9.59 Å². The third-order valence-corrected chi connectivity index (χ3v) is 4.64. The van der Waals surface area contributed by atoms with Crippen molar-refractivity contribution in [3.8, 4) is 0 Å². The number of rotatable bonds is 3. The molecule has 1 saturated heterocycles. The maximum absolute atomic E-state index is 12.3. The highest BCUT2D eigenvalue weighted by Crippen LogP contribution is 2.31. The second-order valence-electron chi connectivity index (χ2n) is 5.12. The Hall–Kier alpha value is -1.92. The summed E-state index contributed by atoms with van der Waals surface area (Å²) in [5.41, 5.74) is 0.648. The summed E-state index contributed by atoms with van der Waals surface area (Å²) in [6.45, 7) is 2.25. The van der Waals surface area contributed by atoms with Gasteiger partial charge >= 0.3 is 0 Å². The summed E-state index contributed by atoms with van der Waals surface area (Å²) in [4.78, 5) is 31.1. The van der Waals surface area contributed by atoms with Crippen molar-refractivity contribution in [1.82, 2.24) is 4.98 Å². The molecule has 1 N–H and O–H groups in total. The lowest BCUT2D eigenvalue weighted by molar-refractivity contribution is -0.122. The third kappa shape index (κ3) is 2.98. The molecule has 0 unspecified atom stereocenters. The molecule has 7 heteroatoms. The van der Waals surface area contributed by atoms with E-state index >= 15 is 0 Å². The van der Waals surface area contributed by atoms with Crippen LogP contribution in [0.5, 0.6) is 0 Å². The molecule has 1 atom stereocenters. The van der Waals surface area contributed by atoms with Crippen molar-refractivity contribution in [3.05, 3.63) is 40.4 Å². The summed E-state index contributed by atoms with van der Waals surface area (Å²) in [5, 5.41) is 3.84. The molecule has 2 aromatic rings. The van der Waals surface area contributed by atoms with Gasteiger partial charge in [0.2, 0.25) is 11.8 Å². The quantitative estimate of drug-likeness (QED) is 0.937. The van der Waals surface area contributed by atoms with Gasteiger partial charge in [0.05, 0.1) is 16.6 Å². The predicted molar refractivity (Wildman–Crippen MR) is 87.4 cm³/mol. The Labute approximate surface area is 136 Å². The fraction of sp³-hybridized carbons (Fsp3) is 0.267. The standard InChI is InChI=1S/C15H14ClN3O2S/c1-9-7-17-15(22-9)18-14(21)10-6-13(20)19(8-10)12-5-3-2-4-11(12)16/h2-5,7,10H,6,8H2,1H3,(H,17,18,21)/t10-/m1/s1. The van der Waals surface area contributed by atoms with Crippen LogP contribution < -0.4 is 10.2 Å². The maximum Gasteiger partial charge on any atom is 0.231 e. The summed E-state index contributed by atoms with van der Waals surface area (Å²) >= 11 is 7.54. The average Bonchev–Trinajstić information content (AvgIpc) is 3.06. The van der Waals surface area contributed by atoms with E-state index in [1.54, 1.807) is 29.3 Å². The molecule has 0 radical (unpaired) electrons. The SMILES string of the molecule is Cc1cnc(NC(=O)[C@@H]2CC(=O)N(c3ccccc3Cl)C2)s1. The first-order valence-corrected chi connectivity index (χ1v) is 8.02. The number of anilines is 2. The minimum Gasteiger partial charge on any atom is -0.310 e. The van der Waals surface area contributed by atoms with Gasteiger partial charge in [-0.15, -0.1) is 11.3 Å². The van der Waals surface area contributed by atoms with Crippen molar-refractivity contribution in [2.75, 3.05) is 16.8 Å². The van der Waals surface area contributed by atoms with Crippen LogP contribution >= 0.6 is 22.9 Å². The van der Waals surface area contributed by atoms with Gasteiger partial charge in [-0.2, -0.15) is 0 Å². The van der Waals surface area contributed by atoms with Crippen molar-refractivity contribution in [2.24, 2.45) is 5.92 Å². The van der Waals surface area contributed by atoms with Crippen molar-refractivity contribution >= 4 is 45.6 Å². The first kappa shape index (κ1) is 15.0. The minimum absolute atomic E-state index is 0.0939. The molecule has 1 fully saturated rings. The van der Waals surface area contributed by atoms with E-state index in [0.29, 0.717) is 22.4 Å². The second-order valence-corrected chi connectivity index (χ2v) is 6.76. The summed E-state index contributed by atoms with van der Waals surface area (Å²) in [6.07, 6.45) is 1.89. The van der Waals surface area contributed by atoms with Crippen LogP contribution in [-0.2, 0) is 9.59 Å². The van der Waals surface area contributed by atoms with Crippen LogP contribution in [0.2, 0.25) is 5.02 Å². The Morgan fingerprint density at radius 1 is 1.45 bits per heavy atom. The fourth-order valence-electron chi connectivity index (χ4n) is 2.41. The number of benzene rings is 1. The smallest absolute Gasteiger partial charge is 0.231 e. The number of aromatic nitrogens is 1. The molecule has 0 aliphatic carbocycles. The molecule has 2 amide bonds. The zero-order chi connectivity index (χ0) is 15.7. The number of para-hydroxylation sites is 1. The number of carbonyl (C=O) groups excluding carboxylic acids is 2. The Kier molecular flexibility index (Phi) is 4.13. The largest absolute Gasteiger partial charge is 0.310 e.